The fraction of sp³-hybridized carbons (Fsp3) is 0.562. The first-order chi connectivity index (χ1) is 10.7. The number of anilines is 1. The molecule has 0 saturated carbocycles. The van der Waals surface area contributed by atoms with E-state index in [1.807, 2.05) is 24.3 Å². The molecule has 3 N–H and O–H groups in total. The van der Waals surface area contributed by atoms with Crippen molar-refractivity contribution in [2.45, 2.75) is 25.0 Å². The Morgan fingerprint density at radius 1 is 1.45 bits per heavy atom. The van der Waals surface area contributed by atoms with Gasteiger partial charge in [-0.2, -0.15) is 0 Å². The smallest absolute Gasteiger partial charge is 0.222 e. The summed E-state index contributed by atoms with van der Waals surface area (Å²) in [5.74, 6) is 0.848. The molecule has 1 fully saturated rings. The molecule has 2 unspecified atom stereocenters. The van der Waals surface area contributed by atoms with Gasteiger partial charge >= 0.3 is 0 Å². The molecule has 1 amide bonds. The molecule has 6 heteroatoms. The molecule has 0 spiro atoms. The van der Waals surface area contributed by atoms with Gasteiger partial charge in [0.1, 0.15) is 5.75 Å². The van der Waals surface area contributed by atoms with Crippen molar-refractivity contribution in [3.63, 3.8) is 0 Å². The van der Waals surface area contributed by atoms with Crippen molar-refractivity contribution in [3.05, 3.63) is 24.3 Å². The van der Waals surface area contributed by atoms with Crippen molar-refractivity contribution in [2.75, 3.05) is 38.8 Å². The van der Waals surface area contributed by atoms with Gasteiger partial charge in [0.25, 0.3) is 0 Å². The second-order valence-corrected chi connectivity index (χ2v) is 5.47. The van der Waals surface area contributed by atoms with Gasteiger partial charge in [0.05, 0.1) is 25.3 Å². The van der Waals surface area contributed by atoms with E-state index in [9.17, 15) is 4.79 Å². The Morgan fingerprint density at radius 3 is 2.91 bits per heavy atom. The standard InChI is InChI=1S/C16H25N3O3/c1-21-13(10-17)9-16(20)18-12-7-8-19(11-12)14-5-3-4-6-15(14)22-2/h3-6,12-13H,7-11,17H2,1-2H3,(H,18,20). The van der Waals surface area contributed by atoms with Crippen LogP contribution in [0.2, 0.25) is 0 Å². The van der Waals surface area contributed by atoms with Crippen molar-refractivity contribution < 1.29 is 14.3 Å². The number of hydrogen-bond acceptors (Lipinski definition) is 5. The van der Waals surface area contributed by atoms with Gasteiger partial charge in [-0.3, -0.25) is 4.79 Å². The Balaban J connectivity index is 1.89. The molecule has 1 aromatic rings. The minimum Gasteiger partial charge on any atom is -0.495 e. The summed E-state index contributed by atoms with van der Waals surface area (Å²) in [6, 6.07) is 8.08. The van der Waals surface area contributed by atoms with Crippen molar-refractivity contribution in [1.29, 1.82) is 0 Å². The fourth-order valence-corrected chi connectivity index (χ4v) is 2.74. The highest BCUT2D eigenvalue weighted by molar-refractivity contribution is 5.77. The summed E-state index contributed by atoms with van der Waals surface area (Å²) in [5.41, 5.74) is 6.61. The Bertz CT molecular complexity index is 491. The lowest BCUT2D eigenvalue weighted by Crippen LogP contribution is -2.40. The zero-order valence-corrected chi connectivity index (χ0v) is 13.2. The van der Waals surface area contributed by atoms with Crippen LogP contribution < -0.4 is 20.7 Å². The van der Waals surface area contributed by atoms with Crippen LogP contribution in [0.3, 0.4) is 0 Å². The van der Waals surface area contributed by atoms with Gasteiger partial charge in [0.2, 0.25) is 5.91 Å². The Morgan fingerprint density at radius 2 is 2.23 bits per heavy atom. The minimum absolute atomic E-state index is 0.0100. The number of benzene rings is 1. The lowest BCUT2D eigenvalue weighted by atomic mass is 10.2. The average molecular weight is 307 g/mol. The molecule has 2 atom stereocenters. The van der Waals surface area contributed by atoms with Crippen LogP contribution in [-0.2, 0) is 9.53 Å². The van der Waals surface area contributed by atoms with Gasteiger partial charge in [-0.25, -0.2) is 0 Å². The molecular weight excluding hydrogens is 282 g/mol. The molecule has 1 heterocycles. The first-order valence-corrected chi connectivity index (χ1v) is 7.58. The molecule has 1 aliphatic rings. The molecule has 0 radical (unpaired) electrons. The highest BCUT2D eigenvalue weighted by Crippen LogP contribution is 2.30. The highest BCUT2D eigenvalue weighted by Gasteiger charge is 2.26. The lowest BCUT2D eigenvalue weighted by Gasteiger charge is -2.21. The van der Waals surface area contributed by atoms with Crippen LogP contribution >= 0.6 is 0 Å². The third-order valence-electron chi connectivity index (χ3n) is 3.99. The zero-order valence-electron chi connectivity index (χ0n) is 13.2. The number of para-hydroxylation sites is 2. The molecule has 1 aliphatic heterocycles. The van der Waals surface area contributed by atoms with Crippen molar-refractivity contribution >= 4 is 11.6 Å². The maximum absolute atomic E-state index is 12.0. The van der Waals surface area contributed by atoms with Crippen molar-refractivity contribution in [2.24, 2.45) is 5.73 Å². The zero-order chi connectivity index (χ0) is 15.9. The maximum Gasteiger partial charge on any atom is 0.222 e. The van der Waals surface area contributed by atoms with E-state index in [-0.39, 0.29) is 18.1 Å². The summed E-state index contributed by atoms with van der Waals surface area (Å²) < 4.78 is 10.5. The average Bonchev–Trinajstić information content (AvgIpc) is 3.00. The highest BCUT2D eigenvalue weighted by atomic mass is 16.5. The molecule has 1 aromatic carbocycles. The molecule has 6 nitrogen and oxygen atoms in total. The van der Waals surface area contributed by atoms with Crippen LogP contribution in [0, 0.1) is 0 Å². The molecule has 1 saturated heterocycles. The number of nitrogens with zero attached hydrogens (tertiary/aromatic N) is 1. The second-order valence-electron chi connectivity index (χ2n) is 5.47. The number of hydrogen-bond donors (Lipinski definition) is 2. The Kier molecular flexibility index (Phi) is 6.03. The Labute approximate surface area is 131 Å². The van der Waals surface area contributed by atoms with E-state index in [1.165, 1.54) is 0 Å². The first-order valence-electron chi connectivity index (χ1n) is 7.58. The van der Waals surface area contributed by atoms with Crippen LogP contribution in [0.15, 0.2) is 24.3 Å². The summed E-state index contributed by atoms with van der Waals surface area (Å²) in [5, 5.41) is 3.06. The van der Waals surface area contributed by atoms with Crippen LogP contribution in [0.25, 0.3) is 0 Å². The number of ether oxygens (including phenoxy) is 2. The SMILES string of the molecule is COc1ccccc1N1CCC(NC(=O)CC(CN)OC)C1. The number of nitrogens with two attached hydrogens (primary N) is 1. The topological polar surface area (TPSA) is 76.8 Å². The van der Waals surface area contributed by atoms with Crippen LogP contribution in [0.1, 0.15) is 12.8 Å². The third kappa shape index (κ3) is 4.11. The summed E-state index contributed by atoms with van der Waals surface area (Å²) in [6.07, 6.45) is 1.01. The van der Waals surface area contributed by atoms with Gasteiger partial charge in [-0.05, 0) is 18.6 Å². The van der Waals surface area contributed by atoms with E-state index < -0.39 is 0 Å². The number of carbonyl (C=O) groups excluding carboxylic acids is 1. The predicted molar refractivity (Wildman–Crippen MR) is 86.2 cm³/mol. The van der Waals surface area contributed by atoms with Gasteiger partial charge in [-0.15, -0.1) is 0 Å². The van der Waals surface area contributed by atoms with E-state index in [0.717, 1.165) is 30.9 Å². The predicted octanol–water partition coefficient (Wildman–Crippen LogP) is 0.754. The third-order valence-corrected chi connectivity index (χ3v) is 3.99. The number of methoxy groups -OCH3 is 2. The van der Waals surface area contributed by atoms with Gasteiger partial charge in [-0.1, -0.05) is 12.1 Å². The van der Waals surface area contributed by atoms with E-state index >= 15 is 0 Å². The largest absolute Gasteiger partial charge is 0.495 e. The number of carbonyl (C=O) groups is 1. The molecule has 2 rings (SSSR count). The molecule has 0 aliphatic carbocycles. The molecule has 22 heavy (non-hydrogen) atoms. The Hall–Kier alpha value is -1.79. The first kappa shape index (κ1) is 16.6. The number of rotatable bonds is 7. The van der Waals surface area contributed by atoms with E-state index in [1.54, 1.807) is 14.2 Å². The number of nitrogens with one attached hydrogen (secondary N) is 1. The minimum atomic E-state index is -0.216. The summed E-state index contributed by atoms with van der Waals surface area (Å²) >= 11 is 0. The van der Waals surface area contributed by atoms with Gasteiger partial charge in [0, 0.05) is 32.8 Å². The van der Waals surface area contributed by atoms with E-state index in [2.05, 4.69) is 10.2 Å². The number of amides is 1. The van der Waals surface area contributed by atoms with Gasteiger partial charge < -0.3 is 25.4 Å². The quantitative estimate of drug-likeness (QED) is 0.777. The summed E-state index contributed by atoms with van der Waals surface area (Å²) in [6.45, 7) is 2.03. The molecule has 122 valence electrons. The van der Waals surface area contributed by atoms with Crippen LogP contribution in [0.4, 0.5) is 5.69 Å². The normalized spacial score (nSPS) is 19.0. The van der Waals surface area contributed by atoms with Crippen molar-refractivity contribution in [3.8, 4) is 5.75 Å². The monoisotopic (exact) mass is 307 g/mol. The molecular formula is C16H25N3O3. The fourth-order valence-electron chi connectivity index (χ4n) is 2.74. The second kappa shape index (κ2) is 8.00. The van der Waals surface area contributed by atoms with Crippen LogP contribution in [0.5, 0.6) is 5.75 Å². The maximum atomic E-state index is 12.0. The lowest BCUT2D eigenvalue weighted by molar-refractivity contribution is -0.123. The molecule has 0 aromatic heterocycles. The summed E-state index contributed by atoms with van der Waals surface area (Å²) in [7, 11) is 3.25. The van der Waals surface area contributed by atoms with Gasteiger partial charge in [0.15, 0.2) is 0 Å². The van der Waals surface area contributed by atoms with Crippen molar-refractivity contribution in [1.82, 2.24) is 5.32 Å². The summed E-state index contributed by atoms with van der Waals surface area (Å²) in [4.78, 5) is 14.2. The molecule has 0 bridgehead atoms. The van der Waals surface area contributed by atoms with E-state index in [0.29, 0.717) is 13.0 Å². The van der Waals surface area contributed by atoms with E-state index in [4.69, 9.17) is 15.2 Å². The van der Waals surface area contributed by atoms with Crippen LogP contribution in [-0.4, -0.2) is 51.9 Å².